The van der Waals surface area contributed by atoms with Gasteiger partial charge in [0.25, 0.3) is 0 Å². The first-order valence-electron chi connectivity index (χ1n) is 22.6. The normalized spacial score (nSPS) is 26.7. The molecule has 5 atom stereocenters. The molecule has 0 aromatic rings. The standard InChI is InChI=1S/C13H28N2.C12H25N.C11H24N2.C10H22N2.3CH4/c1-10(2)7-12-8-15(11(3)4)9-13(12)14(5)6;1-10(2)8-12(5)6-7-13(9-12)11(3)4;1-8(2)5-10-6-13(9(3)4)7-11(10)12;1-9(2)11-5-7-12(8-6-11)10(3)4;;;/h10-13H,7-9H2,1-6H3;10-11H,6-9H2,1-5H3;8-11H,5-7,12H2,1-4H3;9-10H,5-8H2,1-4H3;3*1H4. The molecule has 7 heteroatoms. The number of hydrogen-bond donors (Lipinski definition) is 1. The summed E-state index contributed by atoms with van der Waals surface area (Å²) in [5, 5.41) is 0. The Morgan fingerprint density at radius 1 is 0.500 bits per heavy atom. The number of piperazine rings is 1. The fourth-order valence-corrected chi connectivity index (χ4v) is 9.36. The summed E-state index contributed by atoms with van der Waals surface area (Å²) < 4.78 is 0. The Morgan fingerprint density at radius 3 is 1.20 bits per heavy atom. The Balaban J connectivity index is -0.000000659. The Hall–Kier alpha value is -0.280. The highest BCUT2D eigenvalue weighted by Crippen LogP contribution is 2.36. The molecular weight excluding hydrogens is 687 g/mol. The van der Waals surface area contributed by atoms with E-state index in [1.165, 1.54) is 84.6 Å². The van der Waals surface area contributed by atoms with Crippen LogP contribution >= 0.6 is 0 Å². The third-order valence-corrected chi connectivity index (χ3v) is 12.7. The van der Waals surface area contributed by atoms with E-state index >= 15 is 0 Å². The SMILES string of the molecule is C.C.C.CC(C)CC1(C)CCN(C(C)C)C1.CC(C)CC1CN(C(C)C)CC1N.CC(C)CC1CN(C(C)C)CC1N(C)C.CC(C)N1CCN(C(C)C)CC1. The predicted octanol–water partition coefficient (Wildman–Crippen LogP) is 10.5. The molecule has 4 fully saturated rings. The molecular formula is C49H111N7. The van der Waals surface area contributed by atoms with Crippen molar-refractivity contribution in [2.24, 2.45) is 40.7 Å². The van der Waals surface area contributed by atoms with Gasteiger partial charge in [-0.15, -0.1) is 0 Å². The van der Waals surface area contributed by atoms with Gasteiger partial charge in [-0.2, -0.15) is 0 Å². The Kier molecular flexibility index (Phi) is 31.1. The van der Waals surface area contributed by atoms with Crippen LogP contribution in [0, 0.1) is 35.0 Å². The van der Waals surface area contributed by atoms with Crippen molar-refractivity contribution < 1.29 is 0 Å². The van der Waals surface area contributed by atoms with Crippen LogP contribution in [-0.2, 0) is 0 Å². The van der Waals surface area contributed by atoms with Crippen molar-refractivity contribution in [1.82, 2.24) is 29.4 Å². The van der Waals surface area contributed by atoms with Crippen molar-refractivity contribution in [1.29, 1.82) is 0 Å². The van der Waals surface area contributed by atoms with Crippen LogP contribution in [0.4, 0.5) is 0 Å². The molecule has 0 bridgehead atoms. The molecule has 4 aliphatic heterocycles. The van der Waals surface area contributed by atoms with Gasteiger partial charge in [0.05, 0.1) is 0 Å². The van der Waals surface area contributed by atoms with Crippen molar-refractivity contribution in [3.63, 3.8) is 0 Å². The van der Waals surface area contributed by atoms with Gasteiger partial charge in [-0.3, -0.25) is 19.6 Å². The minimum atomic E-state index is 0. The van der Waals surface area contributed by atoms with E-state index in [1.54, 1.807) is 0 Å². The maximum atomic E-state index is 6.11. The van der Waals surface area contributed by atoms with Gasteiger partial charge < -0.3 is 15.5 Å². The van der Waals surface area contributed by atoms with E-state index in [-0.39, 0.29) is 22.3 Å². The molecule has 0 saturated carbocycles. The lowest BCUT2D eigenvalue weighted by molar-refractivity contribution is 0.0887. The lowest BCUT2D eigenvalue weighted by Crippen LogP contribution is -2.50. The summed E-state index contributed by atoms with van der Waals surface area (Å²) in [4.78, 5) is 15.3. The summed E-state index contributed by atoms with van der Waals surface area (Å²) in [6, 6.07) is 4.69. The molecule has 4 rings (SSSR count). The molecule has 4 aliphatic rings. The van der Waals surface area contributed by atoms with Crippen LogP contribution in [0.3, 0.4) is 0 Å². The maximum Gasteiger partial charge on any atom is 0.0257 e. The Labute approximate surface area is 356 Å². The van der Waals surface area contributed by atoms with Gasteiger partial charge in [0.1, 0.15) is 0 Å². The predicted molar refractivity (Wildman–Crippen MR) is 257 cm³/mol. The van der Waals surface area contributed by atoms with Gasteiger partial charge in [-0.1, -0.05) is 70.7 Å². The second-order valence-corrected chi connectivity index (χ2v) is 21.1. The fraction of sp³-hybridized carbons (Fsp3) is 1.00. The summed E-state index contributed by atoms with van der Waals surface area (Å²) in [7, 11) is 4.45. The summed E-state index contributed by atoms with van der Waals surface area (Å²) in [5.41, 5.74) is 6.71. The second kappa shape index (κ2) is 29.1. The highest BCUT2D eigenvalue weighted by Gasteiger charge is 2.36. The topological polar surface area (TPSA) is 45.5 Å². The second-order valence-electron chi connectivity index (χ2n) is 21.1. The minimum absolute atomic E-state index is 0. The van der Waals surface area contributed by atoms with Crippen molar-refractivity contribution in [3.05, 3.63) is 0 Å². The molecule has 0 aromatic carbocycles. The smallest absolute Gasteiger partial charge is 0.0257 e. The van der Waals surface area contributed by atoms with Crippen LogP contribution in [0.1, 0.15) is 166 Å². The lowest BCUT2D eigenvalue weighted by Gasteiger charge is -2.38. The Morgan fingerprint density at radius 2 is 0.875 bits per heavy atom. The number of hydrogen-bond acceptors (Lipinski definition) is 7. The van der Waals surface area contributed by atoms with Gasteiger partial charge in [0, 0.05) is 101 Å². The van der Waals surface area contributed by atoms with Gasteiger partial charge in [0.15, 0.2) is 0 Å². The summed E-state index contributed by atoms with van der Waals surface area (Å²) >= 11 is 0. The van der Waals surface area contributed by atoms with Crippen molar-refractivity contribution >= 4 is 0 Å². The van der Waals surface area contributed by atoms with Crippen LogP contribution in [-0.4, -0.2) is 151 Å². The van der Waals surface area contributed by atoms with Crippen LogP contribution in [0.15, 0.2) is 0 Å². The molecule has 342 valence electrons. The minimum Gasteiger partial charge on any atom is -0.326 e. The number of rotatable bonds is 12. The first-order valence-corrected chi connectivity index (χ1v) is 22.6. The third kappa shape index (κ3) is 22.4. The molecule has 0 aromatic heterocycles. The zero-order valence-electron chi connectivity index (χ0n) is 39.6. The van der Waals surface area contributed by atoms with Crippen LogP contribution in [0.5, 0.6) is 0 Å². The number of likely N-dealkylation sites (tertiary alicyclic amines) is 3. The average Bonchev–Trinajstić information content (AvgIpc) is 3.74. The quantitative estimate of drug-likeness (QED) is 0.211. The first kappa shape index (κ1) is 60.0. The van der Waals surface area contributed by atoms with Crippen molar-refractivity contribution in [2.45, 2.75) is 208 Å². The largest absolute Gasteiger partial charge is 0.326 e. The van der Waals surface area contributed by atoms with E-state index in [0.29, 0.717) is 23.5 Å². The van der Waals surface area contributed by atoms with Gasteiger partial charge in [0.2, 0.25) is 0 Å². The zero-order valence-corrected chi connectivity index (χ0v) is 39.6. The van der Waals surface area contributed by atoms with Crippen molar-refractivity contribution in [3.8, 4) is 0 Å². The fourth-order valence-electron chi connectivity index (χ4n) is 9.36. The van der Waals surface area contributed by atoms with E-state index in [0.717, 1.165) is 60.3 Å². The molecule has 56 heavy (non-hydrogen) atoms. The molecule has 0 spiro atoms. The Bertz CT molecular complexity index is 901. The van der Waals surface area contributed by atoms with Gasteiger partial charge in [-0.05, 0) is 151 Å². The molecule has 4 heterocycles. The molecule has 0 radical (unpaired) electrons. The molecule has 7 nitrogen and oxygen atoms in total. The van der Waals surface area contributed by atoms with Crippen LogP contribution < -0.4 is 5.73 Å². The molecule has 4 saturated heterocycles. The van der Waals surface area contributed by atoms with E-state index < -0.39 is 0 Å². The molecule has 2 N–H and O–H groups in total. The van der Waals surface area contributed by atoms with Gasteiger partial charge in [-0.25, -0.2) is 0 Å². The van der Waals surface area contributed by atoms with Crippen LogP contribution in [0.2, 0.25) is 0 Å². The highest BCUT2D eigenvalue weighted by molar-refractivity contribution is 4.91. The zero-order chi connectivity index (χ0) is 40.8. The number of nitrogens with zero attached hydrogens (tertiary/aromatic N) is 6. The highest BCUT2D eigenvalue weighted by atomic mass is 15.3. The number of likely N-dealkylation sites (N-methyl/N-ethyl adjacent to an activating group) is 1. The van der Waals surface area contributed by atoms with E-state index in [4.69, 9.17) is 5.73 Å². The monoisotopic (exact) mass is 798 g/mol. The summed E-state index contributed by atoms with van der Waals surface area (Å²) in [5.74, 6) is 4.04. The average molecular weight is 798 g/mol. The van der Waals surface area contributed by atoms with Crippen LogP contribution in [0.25, 0.3) is 0 Å². The molecule has 0 aliphatic carbocycles. The molecule has 0 amide bonds. The third-order valence-electron chi connectivity index (χ3n) is 12.7. The number of nitrogens with two attached hydrogens (primary N) is 1. The van der Waals surface area contributed by atoms with E-state index in [1.807, 2.05) is 0 Å². The lowest BCUT2D eigenvalue weighted by atomic mass is 9.81. The van der Waals surface area contributed by atoms with Crippen molar-refractivity contribution in [2.75, 3.05) is 79.5 Å². The van der Waals surface area contributed by atoms with E-state index in [9.17, 15) is 0 Å². The summed E-state index contributed by atoms with van der Waals surface area (Å²) in [6.07, 6.45) is 5.43. The van der Waals surface area contributed by atoms with E-state index in [2.05, 4.69) is 161 Å². The van der Waals surface area contributed by atoms with Gasteiger partial charge >= 0.3 is 0 Å². The maximum absolute atomic E-state index is 6.11. The molecule has 5 unspecified atom stereocenters. The first-order chi connectivity index (χ1) is 24.5. The summed E-state index contributed by atoms with van der Waals surface area (Å²) in [6.45, 7) is 51.7.